The van der Waals surface area contributed by atoms with Crippen molar-refractivity contribution in [2.45, 2.75) is 12.8 Å². The molecular formula is C14H19N3. The van der Waals surface area contributed by atoms with Gasteiger partial charge in [-0.3, -0.25) is 10.2 Å². The molecular weight excluding hydrogens is 210 g/mol. The molecule has 3 heteroatoms. The van der Waals surface area contributed by atoms with E-state index in [1.165, 1.54) is 11.3 Å². The number of benzene rings is 1. The van der Waals surface area contributed by atoms with E-state index in [2.05, 4.69) is 53.0 Å². The maximum Gasteiger partial charge on any atom is 0.135 e. The minimum atomic E-state index is 0.140. The van der Waals surface area contributed by atoms with Crippen molar-refractivity contribution in [3.05, 3.63) is 55.1 Å². The standard InChI is InChI=1S/C14H19N3/c1-3-9-17(10-4-2)14-15-11-12-7-5-6-8-13(12)16-14/h3-8,14-16H,1-2,9-11H2. The Kier molecular flexibility index (Phi) is 3.96. The molecule has 2 rings (SSSR count). The highest BCUT2D eigenvalue weighted by Gasteiger charge is 2.20. The third-order valence-corrected chi connectivity index (χ3v) is 2.89. The second kappa shape index (κ2) is 5.66. The molecule has 0 radical (unpaired) electrons. The lowest BCUT2D eigenvalue weighted by Crippen LogP contribution is -2.52. The lowest BCUT2D eigenvalue weighted by molar-refractivity contribution is 0.219. The lowest BCUT2D eigenvalue weighted by Gasteiger charge is -2.36. The number of hydrogen-bond acceptors (Lipinski definition) is 3. The van der Waals surface area contributed by atoms with Gasteiger partial charge in [0.2, 0.25) is 0 Å². The van der Waals surface area contributed by atoms with Gasteiger partial charge in [-0.2, -0.15) is 0 Å². The SMILES string of the molecule is C=CCN(CC=C)C1NCc2ccccc2N1. The van der Waals surface area contributed by atoms with Crippen molar-refractivity contribution >= 4 is 5.69 Å². The molecule has 1 heterocycles. The van der Waals surface area contributed by atoms with Crippen LogP contribution in [-0.4, -0.2) is 24.3 Å². The Bertz CT molecular complexity index is 390. The second-order valence-electron chi connectivity index (χ2n) is 4.12. The highest BCUT2D eigenvalue weighted by atomic mass is 15.4. The van der Waals surface area contributed by atoms with Gasteiger partial charge in [-0.1, -0.05) is 30.4 Å². The molecule has 3 nitrogen and oxygen atoms in total. The number of fused-ring (bicyclic) bond motifs is 1. The molecule has 17 heavy (non-hydrogen) atoms. The van der Waals surface area contributed by atoms with Gasteiger partial charge >= 0.3 is 0 Å². The topological polar surface area (TPSA) is 27.3 Å². The Labute approximate surface area is 103 Å². The molecule has 2 N–H and O–H groups in total. The zero-order valence-corrected chi connectivity index (χ0v) is 10.0. The van der Waals surface area contributed by atoms with Crippen LogP contribution in [0.5, 0.6) is 0 Å². The number of rotatable bonds is 5. The van der Waals surface area contributed by atoms with Crippen molar-refractivity contribution in [2.75, 3.05) is 18.4 Å². The first-order valence-corrected chi connectivity index (χ1v) is 5.89. The summed E-state index contributed by atoms with van der Waals surface area (Å²) in [7, 11) is 0. The minimum Gasteiger partial charge on any atom is -0.357 e. The largest absolute Gasteiger partial charge is 0.357 e. The number of anilines is 1. The third-order valence-electron chi connectivity index (χ3n) is 2.89. The second-order valence-corrected chi connectivity index (χ2v) is 4.12. The molecule has 1 aromatic carbocycles. The highest BCUT2D eigenvalue weighted by Crippen LogP contribution is 2.20. The molecule has 1 aromatic rings. The van der Waals surface area contributed by atoms with E-state index >= 15 is 0 Å². The van der Waals surface area contributed by atoms with Gasteiger partial charge in [0.1, 0.15) is 6.29 Å². The van der Waals surface area contributed by atoms with Crippen LogP contribution in [0.4, 0.5) is 5.69 Å². The van der Waals surface area contributed by atoms with Gasteiger partial charge in [0.05, 0.1) is 0 Å². The smallest absolute Gasteiger partial charge is 0.135 e. The summed E-state index contributed by atoms with van der Waals surface area (Å²) in [4.78, 5) is 2.25. The van der Waals surface area contributed by atoms with E-state index in [1.54, 1.807) is 0 Å². The van der Waals surface area contributed by atoms with Crippen LogP contribution >= 0.6 is 0 Å². The summed E-state index contributed by atoms with van der Waals surface area (Å²) >= 11 is 0. The summed E-state index contributed by atoms with van der Waals surface area (Å²) in [6.45, 7) is 10.1. The van der Waals surface area contributed by atoms with Crippen LogP contribution in [0.25, 0.3) is 0 Å². The molecule has 0 saturated carbocycles. The summed E-state index contributed by atoms with van der Waals surface area (Å²) in [6.07, 6.45) is 3.96. The maximum absolute atomic E-state index is 3.79. The van der Waals surface area contributed by atoms with E-state index in [0.717, 1.165) is 19.6 Å². The molecule has 0 amide bonds. The van der Waals surface area contributed by atoms with Gasteiger partial charge < -0.3 is 5.32 Å². The van der Waals surface area contributed by atoms with Crippen LogP contribution in [0, 0.1) is 0 Å². The number of para-hydroxylation sites is 1. The Morgan fingerprint density at radius 1 is 1.24 bits per heavy atom. The average Bonchev–Trinajstić information content (AvgIpc) is 2.38. The van der Waals surface area contributed by atoms with Gasteiger partial charge in [0, 0.05) is 25.3 Å². The van der Waals surface area contributed by atoms with Crippen LogP contribution in [0.2, 0.25) is 0 Å². The van der Waals surface area contributed by atoms with Crippen molar-refractivity contribution in [2.24, 2.45) is 0 Å². The molecule has 0 aliphatic carbocycles. The summed E-state index contributed by atoms with van der Waals surface area (Å²) in [5.74, 6) is 0. The van der Waals surface area contributed by atoms with Crippen molar-refractivity contribution in [3.63, 3.8) is 0 Å². The monoisotopic (exact) mass is 229 g/mol. The zero-order chi connectivity index (χ0) is 12.1. The molecule has 0 fully saturated rings. The van der Waals surface area contributed by atoms with Crippen molar-refractivity contribution in [3.8, 4) is 0 Å². The fraction of sp³-hybridized carbons (Fsp3) is 0.286. The molecule has 90 valence electrons. The normalized spacial score (nSPS) is 18.3. The summed E-state index contributed by atoms with van der Waals surface area (Å²) in [6, 6.07) is 8.37. The van der Waals surface area contributed by atoms with E-state index in [-0.39, 0.29) is 6.29 Å². The van der Waals surface area contributed by atoms with Crippen molar-refractivity contribution < 1.29 is 0 Å². The first kappa shape index (κ1) is 11.9. The zero-order valence-electron chi connectivity index (χ0n) is 10.0. The molecule has 0 aromatic heterocycles. The lowest BCUT2D eigenvalue weighted by atomic mass is 10.1. The first-order valence-electron chi connectivity index (χ1n) is 5.89. The van der Waals surface area contributed by atoms with E-state index in [1.807, 2.05) is 12.2 Å². The quantitative estimate of drug-likeness (QED) is 0.758. The van der Waals surface area contributed by atoms with Gasteiger partial charge in [-0.15, -0.1) is 13.2 Å². The first-order chi connectivity index (χ1) is 8.35. The molecule has 1 aliphatic heterocycles. The molecule has 0 spiro atoms. The van der Waals surface area contributed by atoms with Gasteiger partial charge in [0.25, 0.3) is 0 Å². The van der Waals surface area contributed by atoms with E-state index in [0.29, 0.717) is 0 Å². The van der Waals surface area contributed by atoms with Gasteiger partial charge in [-0.05, 0) is 11.6 Å². The summed E-state index contributed by atoms with van der Waals surface area (Å²) < 4.78 is 0. The third kappa shape index (κ3) is 2.75. The van der Waals surface area contributed by atoms with Crippen LogP contribution in [0.1, 0.15) is 5.56 Å². The van der Waals surface area contributed by atoms with Crippen molar-refractivity contribution in [1.29, 1.82) is 0 Å². The molecule has 1 aliphatic rings. The van der Waals surface area contributed by atoms with Crippen LogP contribution in [-0.2, 0) is 6.54 Å². The predicted octanol–water partition coefficient (Wildman–Crippen LogP) is 2.16. The van der Waals surface area contributed by atoms with E-state index < -0.39 is 0 Å². The Hall–Kier alpha value is -1.58. The van der Waals surface area contributed by atoms with E-state index in [4.69, 9.17) is 0 Å². The van der Waals surface area contributed by atoms with Crippen molar-refractivity contribution in [1.82, 2.24) is 10.2 Å². The van der Waals surface area contributed by atoms with Crippen LogP contribution in [0.3, 0.4) is 0 Å². The molecule has 1 unspecified atom stereocenters. The number of nitrogens with one attached hydrogen (secondary N) is 2. The number of hydrogen-bond donors (Lipinski definition) is 2. The Morgan fingerprint density at radius 3 is 2.65 bits per heavy atom. The Morgan fingerprint density at radius 2 is 1.94 bits per heavy atom. The fourth-order valence-electron chi connectivity index (χ4n) is 2.06. The van der Waals surface area contributed by atoms with Crippen LogP contribution in [0.15, 0.2) is 49.6 Å². The number of nitrogens with zero attached hydrogens (tertiary/aromatic N) is 1. The molecule has 0 saturated heterocycles. The van der Waals surface area contributed by atoms with Gasteiger partial charge in [0.15, 0.2) is 0 Å². The predicted molar refractivity (Wildman–Crippen MR) is 72.7 cm³/mol. The van der Waals surface area contributed by atoms with Crippen LogP contribution < -0.4 is 10.6 Å². The highest BCUT2D eigenvalue weighted by molar-refractivity contribution is 5.53. The molecule has 1 atom stereocenters. The minimum absolute atomic E-state index is 0.140. The molecule has 0 bridgehead atoms. The van der Waals surface area contributed by atoms with Gasteiger partial charge in [-0.25, -0.2) is 0 Å². The van der Waals surface area contributed by atoms with E-state index in [9.17, 15) is 0 Å². The maximum atomic E-state index is 3.79. The fourth-order valence-corrected chi connectivity index (χ4v) is 2.06. The summed E-state index contributed by atoms with van der Waals surface area (Å²) in [5.41, 5.74) is 2.51. The Balaban J connectivity index is 2.09. The average molecular weight is 229 g/mol. The summed E-state index contributed by atoms with van der Waals surface area (Å²) in [5, 5.41) is 6.95.